The van der Waals surface area contributed by atoms with Crippen LogP contribution in [0.2, 0.25) is 0 Å². The zero-order chi connectivity index (χ0) is 12.4. The van der Waals surface area contributed by atoms with Gasteiger partial charge in [0.05, 0.1) is 0 Å². The van der Waals surface area contributed by atoms with Crippen molar-refractivity contribution in [2.75, 3.05) is 7.05 Å². The number of unbranched alkanes of at least 4 members (excludes halogenated alkanes) is 1. The fourth-order valence-corrected chi connectivity index (χ4v) is 1.75. The third-order valence-electron chi connectivity index (χ3n) is 3.26. The van der Waals surface area contributed by atoms with Gasteiger partial charge in [-0.15, -0.1) is 0 Å². The molecule has 2 unspecified atom stereocenters. The van der Waals surface area contributed by atoms with E-state index in [0.29, 0.717) is 0 Å². The van der Waals surface area contributed by atoms with Gasteiger partial charge in [-0.05, 0) is 49.7 Å². The summed E-state index contributed by atoms with van der Waals surface area (Å²) in [6.45, 7) is 9.36. The maximum absolute atomic E-state index is 3.97. The molecule has 0 aromatic heterocycles. The molecule has 16 heavy (non-hydrogen) atoms. The maximum Gasteiger partial charge on any atom is 0.0273 e. The van der Waals surface area contributed by atoms with Crippen LogP contribution in [-0.4, -0.2) is 13.3 Å². The van der Waals surface area contributed by atoms with Crippen LogP contribution >= 0.6 is 0 Å². The van der Waals surface area contributed by atoms with E-state index in [1.807, 2.05) is 13.3 Å². The summed E-state index contributed by atoms with van der Waals surface area (Å²) >= 11 is 0. The number of rotatable bonds is 8. The predicted molar refractivity (Wildman–Crippen MR) is 75.2 cm³/mol. The Hall–Kier alpha value is -0.590. The Kier molecular flexibility index (Phi) is 9.27. The lowest BCUT2D eigenvalue weighted by atomic mass is 9.87. The lowest BCUT2D eigenvalue weighted by molar-refractivity contribution is 0.333. The van der Waals surface area contributed by atoms with Gasteiger partial charge >= 0.3 is 0 Å². The van der Waals surface area contributed by atoms with Crippen LogP contribution in [0.3, 0.4) is 0 Å². The van der Waals surface area contributed by atoms with Crippen molar-refractivity contribution in [3.05, 3.63) is 12.2 Å². The van der Waals surface area contributed by atoms with E-state index in [1.165, 1.54) is 12.8 Å². The smallest absolute Gasteiger partial charge is 0.0273 e. The van der Waals surface area contributed by atoms with Crippen molar-refractivity contribution >= 4 is 6.21 Å². The van der Waals surface area contributed by atoms with Gasteiger partial charge in [0.15, 0.2) is 0 Å². The van der Waals surface area contributed by atoms with Gasteiger partial charge in [0.25, 0.3) is 0 Å². The minimum absolute atomic E-state index is 0.812. The molecule has 0 rings (SSSR count). The quantitative estimate of drug-likeness (QED) is 0.320. The van der Waals surface area contributed by atoms with Crippen LogP contribution in [0.15, 0.2) is 17.1 Å². The SMILES string of the molecule is CN=CCC/C=C/CC(C)CC(C)C(C)C. The van der Waals surface area contributed by atoms with Crippen molar-refractivity contribution < 1.29 is 0 Å². The molecule has 0 heterocycles. The van der Waals surface area contributed by atoms with Gasteiger partial charge < -0.3 is 4.99 Å². The van der Waals surface area contributed by atoms with Crippen LogP contribution in [0.5, 0.6) is 0 Å². The van der Waals surface area contributed by atoms with E-state index < -0.39 is 0 Å². The summed E-state index contributed by atoms with van der Waals surface area (Å²) < 4.78 is 0. The summed E-state index contributed by atoms with van der Waals surface area (Å²) in [5.41, 5.74) is 0. The average molecular weight is 223 g/mol. The molecule has 1 heteroatoms. The van der Waals surface area contributed by atoms with Gasteiger partial charge in [-0.3, -0.25) is 0 Å². The largest absolute Gasteiger partial charge is 0.301 e. The molecule has 0 N–H and O–H groups in total. The third-order valence-corrected chi connectivity index (χ3v) is 3.26. The second-order valence-electron chi connectivity index (χ2n) is 5.29. The second-order valence-corrected chi connectivity index (χ2v) is 5.29. The van der Waals surface area contributed by atoms with Crippen LogP contribution in [0.1, 0.15) is 53.4 Å². The van der Waals surface area contributed by atoms with Crippen molar-refractivity contribution in [2.45, 2.75) is 53.4 Å². The molecule has 0 saturated heterocycles. The third kappa shape index (κ3) is 8.70. The molecule has 0 amide bonds. The fraction of sp³-hybridized carbons (Fsp3) is 0.800. The standard InChI is InChI=1S/C15H29N/c1-13(2)15(4)12-14(3)10-8-6-7-9-11-16-5/h6,8,11,13-15H,7,9-10,12H2,1-5H3/b8-6+,16-11?. The van der Waals surface area contributed by atoms with Gasteiger partial charge in [0.1, 0.15) is 0 Å². The Morgan fingerprint density at radius 2 is 1.69 bits per heavy atom. The Morgan fingerprint density at radius 3 is 2.25 bits per heavy atom. The Labute approximate surface area is 102 Å². The van der Waals surface area contributed by atoms with E-state index in [9.17, 15) is 0 Å². The molecule has 0 bridgehead atoms. The monoisotopic (exact) mass is 223 g/mol. The first-order valence-corrected chi connectivity index (χ1v) is 6.63. The normalized spacial score (nSPS) is 16.4. The lowest BCUT2D eigenvalue weighted by Crippen LogP contribution is -2.08. The van der Waals surface area contributed by atoms with Crippen molar-refractivity contribution in [1.82, 2.24) is 0 Å². The molecule has 0 saturated carbocycles. The highest BCUT2D eigenvalue weighted by atomic mass is 14.6. The Morgan fingerprint density at radius 1 is 1.00 bits per heavy atom. The first kappa shape index (κ1) is 15.4. The van der Waals surface area contributed by atoms with Crippen LogP contribution in [0.4, 0.5) is 0 Å². The number of nitrogens with zero attached hydrogens (tertiary/aromatic N) is 1. The second kappa shape index (κ2) is 9.62. The molecule has 0 aromatic rings. The summed E-state index contributed by atoms with van der Waals surface area (Å²) in [4.78, 5) is 3.97. The summed E-state index contributed by atoms with van der Waals surface area (Å²) in [7, 11) is 1.83. The van der Waals surface area contributed by atoms with Gasteiger partial charge in [-0.25, -0.2) is 0 Å². The highest BCUT2D eigenvalue weighted by molar-refractivity contribution is 5.56. The fourth-order valence-electron chi connectivity index (χ4n) is 1.75. The minimum Gasteiger partial charge on any atom is -0.301 e. The molecule has 94 valence electrons. The van der Waals surface area contributed by atoms with Crippen molar-refractivity contribution in [2.24, 2.45) is 22.7 Å². The molecule has 0 radical (unpaired) electrons. The van der Waals surface area contributed by atoms with E-state index >= 15 is 0 Å². The lowest BCUT2D eigenvalue weighted by Gasteiger charge is -2.19. The Bertz CT molecular complexity index is 203. The molecule has 0 fully saturated rings. The molecule has 2 atom stereocenters. The van der Waals surface area contributed by atoms with Crippen LogP contribution in [-0.2, 0) is 0 Å². The van der Waals surface area contributed by atoms with Crippen molar-refractivity contribution in [3.63, 3.8) is 0 Å². The molecule has 0 aromatic carbocycles. The zero-order valence-electron chi connectivity index (χ0n) is 11.7. The van der Waals surface area contributed by atoms with Gasteiger partial charge in [0.2, 0.25) is 0 Å². The topological polar surface area (TPSA) is 12.4 Å². The van der Waals surface area contributed by atoms with E-state index in [2.05, 4.69) is 44.8 Å². The molecular formula is C15H29N. The first-order chi connectivity index (χ1) is 7.57. The van der Waals surface area contributed by atoms with Crippen molar-refractivity contribution in [3.8, 4) is 0 Å². The van der Waals surface area contributed by atoms with Crippen LogP contribution in [0.25, 0.3) is 0 Å². The molecule has 0 aliphatic carbocycles. The van der Waals surface area contributed by atoms with Crippen molar-refractivity contribution in [1.29, 1.82) is 0 Å². The van der Waals surface area contributed by atoms with Gasteiger partial charge in [0, 0.05) is 7.05 Å². The molecule has 1 nitrogen and oxygen atoms in total. The van der Waals surface area contributed by atoms with Crippen LogP contribution in [0, 0.1) is 17.8 Å². The highest BCUT2D eigenvalue weighted by Crippen LogP contribution is 2.21. The molecule has 0 aliphatic rings. The highest BCUT2D eigenvalue weighted by Gasteiger charge is 2.10. The Balaban J connectivity index is 3.60. The number of hydrogen-bond acceptors (Lipinski definition) is 1. The predicted octanol–water partition coefficient (Wildman–Crippen LogP) is 4.73. The van der Waals surface area contributed by atoms with Gasteiger partial charge in [-0.2, -0.15) is 0 Å². The summed E-state index contributed by atoms with van der Waals surface area (Å²) in [6.07, 6.45) is 11.4. The molecular weight excluding hydrogens is 194 g/mol. The van der Waals surface area contributed by atoms with E-state index in [0.717, 1.165) is 30.6 Å². The van der Waals surface area contributed by atoms with E-state index in [4.69, 9.17) is 0 Å². The number of allylic oxidation sites excluding steroid dienone is 2. The first-order valence-electron chi connectivity index (χ1n) is 6.63. The minimum atomic E-state index is 0.812. The molecule has 0 spiro atoms. The number of aliphatic imine (C=N–C) groups is 1. The van der Waals surface area contributed by atoms with E-state index in [1.54, 1.807) is 0 Å². The molecule has 0 aliphatic heterocycles. The maximum atomic E-state index is 3.97. The summed E-state index contributed by atoms with van der Waals surface area (Å²) in [6, 6.07) is 0. The van der Waals surface area contributed by atoms with Gasteiger partial charge in [-0.1, -0.05) is 39.8 Å². The van der Waals surface area contributed by atoms with E-state index in [-0.39, 0.29) is 0 Å². The number of hydrogen-bond donors (Lipinski definition) is 0. The zero-order valence-corrected chi connectivity index (χ0v) is 11.7. The summed E-state index contributed by atoms with van der Waals surface area (Å²) in [5, 5.41) is 0. The average Bonchev–Trinajstić information content (AvgIpc) is 2.23. The summed E-state index contributed by atoms with van der Waals surface area (Å²) in [5.74, 6) is 2.47. The van der Waals surface area contributed by atoms with Crippen LogP contribution < -0.4 is 0 Å².